The molecule has 3 rings (SSSR count). The molecule has 0 bridgehead atoms. The zero-order valence-corrected chi connectivity index (χ0v) is 14.9. The molecule has 1 amide bonds. The number of hydrogen-bond donors (Lipinski definition) is 1. The second-order valence-corrected chi connectivity index (χ2v) is 6.26. The van der Waals surface area contributed by atoms with Gasteiger partial charge in [0, 0.05) is 25.8 Å². The Bertz CT molecular complexity index is 862. The number of nitrogens with zero attached hydrogens (tertiary/aromatic N) is 1. The predicted octanol–water partition coefficient (Wildman–Crippen LogP) is 3.28. The highest BCUT2D eigenvalue weighted by Gasteiger charge is 2.45. The van der Waals surface area contributed by atoms with Crippen molar-refractivity contribution in [2.75, 3.05) is 20.3 Å². The number of likely N-dealkylation sites (tertiary alicyclic amines) is 1. The number of carbonyl (C=O) groups excluding carboxylic acids is 2. The molecule has 1 N–H and O–H groups in total. The minimum absolute atomic E-state index is 0.00947. The van der Waals surface area contributed by atoms with Crippen molar-refractivity contribution >= 4 is 17.4 Å². The second kappa shape index (κ2) is 8.14. The lowest BCUT2D eigenvalue weighted by atomic mass is 9.95. The first-order valence-corrected chi connectivity index (χ1v) is 8.63. The van der Waals surface area contributed by atoms with Crippen molar-refractivity contribution in [2.24, 2.45) is 0 Å². The summed E-state index contributed by atoms with van der Waals surface area (Å²) in [6.07, 6.45) is 0.534. The van der Waals surface area contributed by atoms with Crippen molar-refractivity contribution in [2.45, 2.75) is 12.5 Å². The Morgan fingerprint density at radius 1 is 1.11 bits per heavy atom. The van der Waals surface area contributed by atoms with Gasteiger partial charge in [-0.3, -0.25) is 9.59 Å². The smallest absolute Gasteiger partial charge is 0.295 e. The zero-order valence-electron chi connectivity index (χ0n) is 14.9. The molecule has 1 aliphatic heterocycles. The molecule has 1 unspecified atom stereocenters. The first-order chi connectivity index (χ1) is 13.0. The third kappa shape index (κ3) is 3.75. The van der Waals surface area contributed by atoms with Crippen LogP contribution in [0.2, 0.25) is 0 Å². The molecule has 1 saturated heterocycles. The van der Waals surface area contributed by atoms with E-state index in [1.165, 1.54) is 29.2 Å². The standard InChI is InChI=1S/C21H20FNO4/c1-27-13-5-12-23-18(14-8-10-16(22)11-9-14)17(20(25)21(23)26)19(24)15-6-3-2-4-7-15/h2-4,6-11,18,24H,5,12-13H2,1H3/b19-17-. The van der Waals surface area contributed by atoms with Crippen molar-refractivity contribution in [1.82, 2.24) is 4.90 Å². The van der Waals surface area contributed by atoms with Crippen LogP contribution in [0, 0.1) is 5.82 Å². The number of aliphatic hydroxyl groups excluding tert-OH is 1. The molecule has 2 aromatic rings. The first-order valence-electron chi connectivity index (χ1n) is 8.63. The Morgan fingerprint density at radius 3 is 2.41 bits per heavy atom. The number of amides is 1. The zero-order chi connectivity index (χ0) is 19.4. The summed E-state index contributed by atoms with van der Waals surface area (Å²) in [5.41, 5.74) is 1.01. The molecule has 2 aromatic carbocycles. The Morgan fingerprint density at radius 2 is 1.78 bits per heavy atom. The van der Waals surface area contributed by atoms with Gasteiger partial charge >= 0.3 is 0 Å². The summed E-state index contributed by atoms with van der Waals surface area (Å²) < 4.78 is 18.4. The molecule has 6 heteroatoms. The summed E-state index contributed by atoms with van der Waals surface area (Å²) in [5.74, 6) is -2.09. The number of methoxy groups -OCH3 is 1. The molecule has 1 atom stereocenters. The summed E-state index contributed by atoms with van der Waals surface area (Å²) in [6, 6.07) is 13.4. The van der Waals surface area contributed by atoms with Crippen LogP contribution in [0.1, 0.15) is 23.6 Å². The molecule has 0 aliphatic carbocycles. The molecule has 0 aromatic heterocycles. The number of rotatable bonds is 6. The largest absolute Gasteiger partial charge is 0.507 e. The number of ketones is 1. The Kier molecular flexibility index (Phi) is 5.66. The van der Waals surface area contributed by atoms with Crippen molar-refractivity contribution in [1.29, 1.82) is 0 Å². The van der Waals surface area contributed by atoms with Gasteiger partial charge in [0.05, 0.1) is 11.6 Å². The van der Waals surface area contributed by atoms with E-state index in [1.807, 2.05) is 0 Å². The average molecular weight is 369 g/mol. The van der Waals surface area contributed by atoms with Crippen LogP contribution in [0.25, 0.3) is 5.76 Å². The quantitative estimate of drug-likeness (QED) is 0.367. The van der Waals surface area contributed by atoms with E-state index in [2.05, 4.69) is 0 Å². The van der Waals surface area contributed by atoms with Gasteiger partial charge in [-0.05, 0) is 24.1 Å². The van der Waals surface area contributed by atoms with E-state index in [4.69, 9.17) is 4.74 Å². The van der Waals surface area contributed by atoms with Crippen LogP contribution < -0.4 is 0 Å². The van der Waals surface area contributed by atoms with E-state index in [0.29, 0.717) is 24.2 Å². The third-order valence-electron chi connectivity index (χ3n) is 4.52. The molecular weight excluding hydrogens is 349 g/mol. The van der Waals surface area contributed by atoms with Crippen LogP contribution >= 0.6 is 0 Å². The topological polar surface area (TPSA) is 66.8 Å². The second-order valence-electron chi connectivity index (χ2n) is 6.26. The summed E-state index contributed by atoms with van der Waals surface area (Å²) in [4.78, 5) is 26.7. The SMILES string of the molecule is COCCCN1C(=O)C(=O)/C(=C(\O)c2ccccc2)C1c1ccc(F)cc1. The van der Waals surface area contributed by atoms with E-state index in [0.717, 1.165) is 0 Å². The van der Waals surface area contributed by atoms with Gasteiger partial charge in [-0.1, -0.05) is 42.5 Å². The highest BCUT2D eigenvalue weighted by atomic mass is 19.1. The minimum Gasteiger partial charge on any atom is -0.507 e. The van der Waals surface area contributed by atoms with E-state index in [9.17, 15) is 19.1 Å². The van der Waals surface area contributed by atoms with Gasteiger partial charge in [0.1, 0.15) is 11.6 Å². The van der Waals surface area contributed by atoms with Crippen molar-refractivity contribution in [3.05, 3.63) is 77.1 Å². The van der Waals surface area contributed by atoms with Gasteiger partial charge < -0.3 is 14.7 Å². The molecule has 1 fully saturated rings. The van der Waals surface area contributed by atoms with Crippen LogP contribution in [0.3, 0.4) is 0 Å². The van der Waals surface area contributed by atoms with Crippen LogP contribution in [0.5, 0.6) is 0 Å². The normalized spacial score (nSPS) is 18.9. The number of hydrogen-bond acceptors (Lipinski definition) is 4. The average Bonchev–Trinajstić information content (AvgIpc) is 2.94. The summed E-state index contributed by atoms with van der Waals surface area (Å²) in [7, 11) is 1.56. The van der Waals surface area contributed by atoms with E-state index in [1.54, 1.807) is 37.4 Å². The summed E-state index contributed by atoms with van der Waals surface area (Å²) in [6.45, 7) is 0.712. The Hall–Kier alpha value is -2.99. The molecule has 5 nitrogen and oxygen atoms in total. The number of benzene rings is 2. The fourth-order valence-electron chi connectivity index (χ4n) is 3.23. The maximum Gasteiger partial charge on any atom is 0.295 e. The highest BCUT2D eigenvalue weighted by Crippen LogP contribution is 2.39. The van der Waals surface area contributed by atoms with Gasteiger partial charge in [-0.25, -0.2) is 4.39 Å². The van der Waals surface area contributed by atoms with E-state index < -0.39 is 23.5 Å². The molecular formula is C21H20FNO4. The Labute approximate surface area is 156 Å². The maximum absolute atomic E-state index is 13.4. The fourth-order valence-corrected chi connectivity index (χ4v) is 3.23. The number of halogens is 1. The lowest BCUT2D eigenvalue weighted by Gasteiger charge is -2.25. The molecule has 0 spiro atoms. The van der Waals surface area contributed by atoms with E-state index >= 15 is 0 Å². The molecule has 1 heterocycles. The van der Waals surface area contributed by atoms with Crippen LogP contribution in [-0.2, 0) is 14.3 Å². The van der Waals surface area contributed by atoms with Gasteiger partial charge in [-0.15, -0.1) is 0 Å². The number of aliphatic hydroxyl groups is 1. The van der Waals surface area contributed by atoms with E-state index in [-0.39, 0.29) is 17.9 Å². The van der Waals surface area contributed by atoms with Crippen molar-refractivity contribution in [3.8, 4) is 0 Å². The highest BCUT2D eigenvalue weighted by molar-refractivity contribution is 6.46. The molecule has 1 aliphatic rings. The number of carbonyl (C=O) groups is 2. The first kappa shape index (κ1) is 18.8. The molecule has 0 radical (unpaired) electrons. The fraction of sp³-hybridized carbons (Fsp3) is 0.238. The Balaban J connectivity index is 2.10. The van der Waals surface area contributed by atoms with Crippen LogP contribution in [-0.4, -0.2) is 42.0 Å². The number of Topliss-reactive ketones (excluding diaryl/α,β-unsaturated/α-hetero) is 1. The molecule has 27 heavy (non-hydrogen) atoms. The van der Waals surface area contributed by atoms with Crippen molar-refractivity contribution in [3.63, 3.8) is 0 Å². The van der Waals surface area contributed by atoms with Gasteiger partial charge in [0.25, 0.3) is 11.7 Å². The lowest BCUT2D eigenvalue weighted by molar-refractivity contribution is -0.140. The third-order valence-corrected chi connectivity index (χ3v) is 4.52. The summed E-state index contributed by atoms with van der Waals surface area (Å²) >= 11 is 0. The van der Waals surface area contributed by atoms with Crippen LogP contribution in [0.15, 0.2) is 60.2 Å². The molecule has 0 saturated carbocycles. The predicted molar refractivity (Wildman–Crippen MR) is 98.3 cm³/mol. The van der Waals surface area contributed by atoms with Gasteiger partial charge in [-0.2, -0.15) is 0 Å². The molecule has 140 valence electrons. The number of ether oxygens (including phenoxy) is 1. The van der Waals surface area contributed by atoms with Gasteiger partial charge in [0.2, 0.25) is 0 Å². The maximum atomic E-state index is 13.4. The van der Waals surface area contributed by atoms with Gasteiger partial charge in [0.15, 0.2) is 0 Å². The minimum atomic E-state index is -0.775. The van der Waals surface area contributed by atoms with Crippen LogP contribution in [0.4, 0.5) is 4.39 Å². The monoisotopic (exact) mass is 369 g/mol. The lowest BCUT2D eigenvalue weighted by Crippen LogP contribution is -2.31. The van der Waals surface area contributed by atoms with Crippen molar-refractivity contribution < 1.29 is 23.8 Å². The summed E-state index contributed by atoms with van der Waals surface area (Å²) in [5, 5.41) is 10.8.